The molecular formula is C17H17ClN5O6PS. The van der Waals surface area contributed by atoms with E-state index in [4.69, 9.17) is 31.1 Å². The Morgan fingerprint density at radius 3 is 2.77 bits per heavy atom. The quantitative estimate of drug-likeness (QED) is 0.468. The normalized spacial score (nSPS) is 30.6. The minimum Gasteiger partial charge on any atom is -0.386 e. The Kier molecular flexibility index (Phi) is 5.23. The molecule has 2 aromatic heterocycles. The molecule has 2 saturated heterocycles. The van der Waals surface area contributed by atoms with Crippen molar-refractivity contribution >= 4 is 48.2 Å². The number of hydrogen-bond donors (Lipinski definition) is 3. The molecular weight excluding hydrogens is 469 g/mol. The van der Waals surface area contributed by atoms with Crippen molar-refractivity contribution in [2.45, 2.75) is 41.5 Å². The molecule has 0 saturated carbocycles. The van der Waals surface area contributed by atoms with Gasteiger partial charge in [-0.25, -0.2) is 19.5 Å². The highest BCUT2D eigenvalue weighted by molar-refractivity contribution is 7.99. The van der Waals surface area contributed by atoms with Crippen LogP contribution in [0.5, 0.6) is 0 Å². The van der Waals surface area contributed by atoms with E-state index in [0.717, 1.165) is 4.90 Å². The van der Waals surface area contributed by atoms with Gasteiger partial charge in [0.2, 0.25) is 0 Å². The molecule has 0 radical (unpaired) electrons. The highest BCUT2D eigenvalue weighted by Gasteiger charge is 2.53. The highest BCUT2D eigenvalue weighted by Crippen LogP contribution is 2.53. The van der Waals surface area contributed by atoms with Crippen molar-refractivity contribution in [2.24, 2.45) is 0 Å². The van der Waals surface area contributed by atoms with E-state index in [1.54, 1.807) is 23.6 Å². The number of aromatic nitrogens is 4. The molecule has 0 amide bonds. The Bertz CT molecular complexity index is 1210. The van der Waals surface area contributed by atoms with Crippen LogP contribution < -0.4 is 5.73 Å². The van der Waals surface area contributed by atoms with Crippen LogP contribution in [0.15, 0.2) is 34.3 Å². The smallest absolute Gasteiger partial charge is 0.386 e. The summed E-state index contributed by atoms with van der Waals surface area (Å²) in [6.07, 6.45) is -4.10. The maximum Gasteiger partial charge on any atom is 0.472 e. The van der Waals surface area contributed by atoms with E-state index in [2.05, 4.69) is 15.0 Å². The van der Waals surface area contributed by atoms with Crippen molar-refractivity contribution in [1.82, 2.24) is 19.5 Å². The van der Waals surface area contributed by atoms with Crippen LogP contribution in [0.2, 0.25) is 5.02 Å². The van der Waals surface area contributed by atoms with Crippen LogP contribution >= 0.6 is 31.2 Å². The first-order valence-electron chi connectivity index (χ1n) is 9.16. The van der Waals surface area contributed by atoms with E-state index in [9.17, 15) is 14.6 Å². The largest absolute Gasteiger partial charge is 0.472 e. The van der Waals surface area contributed by atoms with Gasteiger partial charge in [0, 0.05) is 9.92 Å². The van der Waals surface area contributed by atoms with Crippen LogP contribution in [0, 0.1) is 6.92 Å². The van der Waals surface area contributed by atoms with Gasteiger partial charge in [-0.1, -0.05) is 23.4 Å². The molecule has 14 heteroatoms. The van der Waals surface area contributed by atoms with Gasteiger partial charge in [-0.3, -0.25) is 13.6 Å². The molecule has 2 aliphatic rings. The van der Waals surface area contributed by atoms with Crippen molar-refractivity contribution in [3.63, 3.8) is 0 Å². The van der Waals surface area contributed by atoms with Crippen molar-refractivity contribution in [2.75, 3.05) is 12.3 Å². The van der Waals surface area contributed by atoms with E-state index in [1.807, 2.05) is 12.1 Å². The third kappa shape index (κ3) is 3.83. The number of rotatable bonds is 3. The Morgan fingerprint density at radius 1 is 1.29 bits per heavy atom. The van der Waals surface area contributed by atoms with Crippen LogP contribution in [0.4, 0.5) is 5.82 Å². The summed E-state index contributed by atoms with van der Waals surface area (Å²) < 4.78 is 29.3. The van der Waals surface area contributed by atoms with Gasteiger partial charge in [0.05, 0.1) is 6.61 Å². The maximum absolute atomic E-state index is 11.8. The zero-order chi connectivity index (χ0) is 21.9. The first kappa shape index (κ1) is 21.1. The molecule has 5 rings (SSSR count). The first-order valence-corrected chi connectivity index (χ1v) is 11.9. The molecule has 4 N–H and O–H groups in total. The van der Waals surface area contributed by atoms with Crippen LogP contribution in [0.3, 0.4) is 0 Å². The van der Waals surface area contributed by atoms with Crippen molar-refractivity contribution in [3.8, 4) is 0 Å². The number of aliphatic hydroxyl groups is 1. The Hall–Kier alpha value is -1.76. The van der Waals surface area contributed by atoms with Crippen LogP contribution in [-0.4, -0.2) is 54.4 Å². The van der Waals surface area contributed by atoms with E-state index in [1.165, 1.54) is 11.8 Å². The molecule has 2 aliphatic heterocycles. The molecule has 0 aliphatic carbocycles. The topological polar surface area (TPSA) is 155 Å². The lowest BCUT2D eigenvalue weighted by atomic mass is 10.1. The van der Waals surface area contributed by atoms with Gasteiger partial charge in [-0.2, -0.15) is 0 Å². The van der Waals surface area contributed by atoms with Gasteiger partial charge in [-0.15, -0.1) is 0 Å². The monoisotopic (exact) mass is 485 g/mol. The number of nitrogens with zero attached hydrogens (tertiary/aromatic N) is 4. The summed E-state index contributed by atoms with van der Waals surface area (Å²) in [5, 5.41) is 11.9. The average molecular weight is 486 g/mol. The SMILES string of the molecule is Cc1nc(N)c2nc(Sc3ccc(Cl)cc3)n([C@@H]3O[C@@H]4COP(=O)(O)O[C@H]4[C@H]3O)c2n1. The van der Waals surface area contributed by atoms with Crippen molar-refractivity contribution in [3.05, 3.63) is 35.1 Å². The standard InChI is InChI=1S/C17H17ClN5O6PS/c1-7-20-14(19)11-15(21-7)23(17(22-11)31-9-4-2-8(18)3-5-9)16-12(24)13-10(28-16)6-27-30(25,26)29-13/h2-5,10,12-13,16,24H,6H2,1H3,(H,25,26)(H2,19,20,21)/t10-,12-,13-,16-/m1/s1. The number of benzene rings is 1. The summed E-state index contributed by atoms with van der Waals surface area (Å²) in [6.45, 7) is 1.48. The van der Waals surface area contributed by atoms with Crippen LogP contribution in [0.1, 0.15) is 12.1 Å². The number of phosphoric ester groups is 1. The third-order valence-electron chi connectivity index (χ3n) is 4.89. The van der Waals surface area contributed by atoms with Crippen molar-refractivity contribution in [1.29, 1.82) is 0 Å². The number of aryl methyl sites for hydroxylation is 1. The van der Waals surface area contributed by atoms with Crippen LogP contribution in [0.25, 0.3) is 11.2 Å². The highest BCUT2D eigenvalue weighted by atomic mass is 35.5. The number of hydrogen-bond acceptors (Lipinski definition) is 10. The number of halogens is 1. The third-order valence-corrected chi connectivity index (χ3v) is 7.11. The lowest BCUT2D eigenvalue weighted by Gasteiger charge is -2.27. The lowest BCUT2D eigenvalue weighted by Crippen LogP contribution is -2.39. The molecule has 2 fully saturated rings. The van der Waals surface area contributed by atoms with Crippen molar-refractivity contribution < 1.29 is 28.3 Å². The molecule has 0 bridgehead atoms. The average Bonchev–Trinajstić information content (AvgIpc) is 3.20. The Morgan fingerprint density at radius 2 is 2.03 bits per heavy atom. The number of nitrogens with two attached hydrogens (primary N) is 1. The molecule has 1 unspecified atom stereocenters. The number of fused-ring (bicyclic) bond motifs is 2. The Labute approximate surface area is 185 Å². The van der Waals surface area contributed by atoms with Gasteiger partial charge in [-0.05, 0) is 31.2 Å². The summed E-state index contributed by atoms with van der Waals surface area (Å²) in [5.41, 5.74) is 6.77. The Balaban J connectivity index is 1.61. The fourth-order valence-corrected chi connectivity index (χ4v) is 5.55. The molecule has 11 nitrogen and oxygen atoms in total. The second-order valence-corrected chi connectivity index (χ2v) is 9.92. The number of anilines is 1. The first-order chi connectivity index (χ1) is 14.7. The summed E-state index contributed by atoms with van der Waals surface area (Å²) in [5.74, 6) is 0.599. The van der Waals surface area contributed by atoms with Gasteiger partial charge < -0.3 is 20.5 Å². The summed E-state index contributed by atoms with van der Waals surface area (Å²) >= 11 is 7.26. The minimum absolute atomic E-state index is 0.184. The molecule has 164 valence electrons. The second-order valence-electron chi connectivity index (χ2n) is 7.04. The number of phosphoric acid groups is 1. The zero-order valence-corrected chi connectivity index (χ0v) is 18.4. The molecule has 5 atom stereocenters. The predicted octanol–water partition coefficient (Wildman–Crippen LogP) is 2.30. The van der Waals surface area contributed by atoms with E-state index in [0.29, 0.717) is 27.2 Å². The minimum atomic E-state index is -4.26. The summed E-state index contributed by atoms with van der Waals surface area (Å²) in [6, 6.07) is 7.13. The molecule has 31 heavy (non-hydrogen) atoms. The number of ether oxygens (including phenoxy) is 1. The maximum atomic E-state index is 11.8. The van der Waals surface area contributed by atoms with Gasteiger partial charge in [0.1, 0.15) is 24.1 Å². The number of imidazole rings is 1. The zero-order valence-electron chi connectivity index (χ0n) is 16.0. The molecule has 0 spiro atoms. The molecule has 3 aromatic rings. The van der Waals surface area contributed by atoms with Gasteiger partial charge in [0.25, 0.3) is 0 Å². The number of aliphatic hydroxyl groups excluding tert-OH is 1. The van der Waals surface area contributed by atoms with Gasteiger partial charge >= 0.3 is 7.82 Å². The van der Waals surface area contributed by atoms with E-state index in [-0.39, 0.29) is 12.4 Å². The number of nitrogen functional groups attached to an aromatic ring is 1. The molecule has 4 heterocycles. The van der Waals surface area contributed by atoms with Gasteiger partial charge in [0.15, 0.2) is 28.4 Å². The fourth-order valence-electron chi connectivity index (χ4n) is 3.55. The molecule has 1 aromatic carbocycles. The predicted molar refractivity (Wildman–Crippen MR) is 111 cm³/mol. The second kappa shape index (κ2) is 7.68. The van der Waals surface area contributed by atoms with Crippen LogP contribution in [-0.2, 0) is 18.3 Å². The summed E-state index contributed by atoms with van der Waals surface area (Å²) in [7, 11) is -4.26. The summed E-state index contributed by atoms with van der Waals surface area (Å²) in [4.78, 5) is 23.6. The fraction of sp³-hybridized carbons (Fsp3) is 0.353. The van der Waals surface area contributed by atoms with E-state index < -0.39 is 32.4 Å². The lowest BCUT2D eigenvalue weighted by molar-refractivity contribution is -0.0684. The van der Waals surface area contributed by atoms with E-state index >= 15 is 0 Å².